The fraction of sp³-hybridized carbons (Fsp3) is 0.353. The number of aromatic nitrogens is 2. The Bertz CT molecular complexity index is 715. The van der Waals surface area contributed by atoms with Crippen LogP contribution in [0.3, 0.4) is 0 Å². The third-order valence-corrected chi connectivity index (χ3v) is 4.12. The van der Waals surface area contributed by atoms with Crippen LogP contribution in [0, 0.1) is 6.92 Å². The van der Waals surface area contributed by atoms with Gasteiger partial charge >= 0.3 is 5.97 Å². The molecule has 0 aliphatic carbocycles. The highest BCUT2D eigenvalue weighted by molar-refractivity contribution is 5.89. The summed E-state index contributed by atoms with van der Waals surface area (Å²) in [7, 11) is 2.11. The molecule has 1 aliphatic heterocycles. The van der Waals surface area contributed by atoms with E-state index in [4.69, 9.17) is 5.11 Å². The number of carboxylic acids is 1. The average Bonchev–Trinajstić information content (AvgIpc) is 2.93. The first-order valence-corrected chi connectivity index (χ1v) is 7.44. The van der Waals surface area contributed by atoms with Crippen LogP contribution >= 0.6 is 0 Å². The Labute approximate surface area is 129 Å². The minimum Gasteiger partial charge on any atom is -0.478 e. The first-order valence-electron chi connectivity index (χ1n) is 7.44. The molecule has 114 valence electrons. The number of likely N-dealkylation sites (tertiary alicyclic amines) is 1. The van der Waals surface area contributed by atoms with Crippen molar-refractivity contribution in [2.45, 2.75) is 25.8 Å². The molecule has 0 unspecified atom stereocenters. The predicted molar refractivity (Wildman–Crippen MR) is 83.8 cm³/mol. The topological polar surface area (TPSA) is 66.3 Å². The smallest absolute Gasteiger partial charge is 0.335 e. The minimum absolute atomic E-state index is 0.272. The molecule has 1 fully saturated rings. The van der Waals surface area contributed by atoms with Crippen LogP contribution in [0.1, 0.15) is 40.8 Å². The average molecular weight is 297 g/mol. The first kappa shape index (κ1) is 14.7. The van der Waals surface area contributed by atoms with E-state index >= 15 is 0 Å². The van der Waals surface area contributed by atoms with Crippen molar-refractivity contribution in [2.75, 3.05) is 13.6 Å². The zero-order valence-corrected chi connectivity index (χ0v) is 12.8. The molecule has 0 spiro atoms. The molecule has 1 aromatic carbocycles. The van der Waals surface area contributed by atoms with Gasteiger partial charge in [0.25, 0.3) is 0 Å². The van der Waals surface area contributed by atoms with E-state index in [1.165, 1.54) is 6.42 Å². The van der Waals surface area contributed by atoms with E-state index in [1.54, 1.807) is 18.2 Å². The van der Waals surface area contributed by atoms with Gasteiger partial charge in [0.05, 0.1) is 23.0 Å². The van der Waals surface area contributed by atoms with E-state index in [2.05, 4.69) is 21.9 Å². The molecule has 0 saturated carbocycles. The SMILES string of the molecule is Cc1nc(-c2cccc(C(=O)O)c2)cc([C@H]2CCCN2C)n1. The number of hydrogen-bond acceptors (Lipinski definition) is 4. The van der Waals surface area contributed by atoms with Gasteiger partial charge in [-0.25, -0.2) is 14.8 Å². The van der Waals surface area contributed by atoms with Crippen molar-refractivity contribution < 1.29 is 9.90 Å². The monoisotopic (exact) mass is 297 g/mol. The predicted octanol–water partition coefficient (Wildman–Crippen LogP) is 2.92. The third kappa shape index (κ3) is 2.85. The zero-order valence-electron chi connectivity index (χ0n) is 12.8. The van der Waals surface area contributed by atoms with Crippen molar-refractivity contribution in [1.82, 2.24) is 14.9 Å². The molecule has 1 aliphatic rings. The summed E-state index contributed by atoms with van der Waals surface area (Å²) in [4.78, 5) is 22.5. The standard InChI is InChI=1S/C17H19N3O2/c1-11-18-14(12-5-3-6-13(9-12)17(21)22)10-15(19-11)16-7-4-8-20(16)2/h3,5-6,9-10,16H,4,7-8H2,1-2H3,(H,21,22)/t16-/m1/s1. The van der Waals surface area contributed by atoms with Gasteiger partial charge in [0.1, 0.15) is 5.82 Å². The van der Waals surface area contributed by atoms with E-state index in [0.29, 0.717) is 11.9 Å². The fourth-order valence-corrected chi connectivity index (χ4v) is 3.00. The Hall–Kier alpha value is -2.27. The summed E-state index contributed by atoms with van der Waals surface area (Å²) in [6.45, 7) is 2.96. The van der Waals surface area contributed by atoms with Crippen LogP contribution in [0.4, 0.5) is 0 Å². The van der Waals surface area contributed by atoms with E-state index in [1.807, 2.05) is 19.1 Å². The second-order valence-corrected chi connectivity index (χ2v) is 5.75. The number of aromatic carboxylic acids is 1. The van der Waals surface area contributed by atoms with E-state index in [9.17, 15) is 4.79 Å². The van der Waals surface area contributed by atoms with Gasteiger partial charge in [0.15, 0.2) is 0 Å². The van der Waals surface area contributed by atoms with Gasteiger partial charge < -0.3 is 5.11 Å². The molecular formula is C17H19N3O2. The van der Waals surface area contributed by atoms with Gasteiger partial charge in [-0.3, -0.25) is 4.90 Å². The van der Waals surface area contributed by atoms with Crippen LogP contribution in [-0.4, -0.2) is 39.5 Å². The minimum atomic E-state index is -0.927. The summed E-state index contributed by atoms with van der Waals surface area (Å²) in [6.07, 6.45) is 2.27. The number of rotatable bonds is 3. The summed E-state index contributed by atoms with van der Waals surface area (Å²) in [5.74, 6) is -0.211. The van der Waals surface area contributed by atoms with Crippen LogP contribution in [-0.2, 0) is 0 Å². The molecule has 2 heterocycles. The molecule has 1 aromatic heterocycles. The third-order valence-electron chi connectivity index (χ3n) is 4.12. The van der Waals surface area contributed by atoms with Crippen molar-refractivity contribution in [2.24, 2.45) is 0 Å². The van der Waals surface area contributed by atoms with Crippen LogP contribution < -0.4 is 0 Å². The van der Waals surface area contributed by atoms with Crippen LogP contribution in [0.15, 0.2) is 30.3 Å². The van der Waals surface area contributed by atoms with Crippen molar-refractivity contribution in [1.29, 1.82) is 0 Å². The van der Waals surface area contributed by atoms with E-state index in [0.717, 1.165) is 29.9 Å². The number of aryl methyl sites for hydroxylation is 1. The van der Waals surface area contributed by atoms with Crippen LogP contribution in [0.5, 0.6) is 0 Å². The molecule has 0 amide bonds. The number of carbonyl (C=O) groups is 1. The number of hydrogen-bond donors (Lipinski definition) is 1. The van der Waals surface area contributed by atoms with Gasteiger partial charge in [0.2, 0.25) is 0 Å². The summed E-state index contributed by atoms with van der Waals surface area (Å²) < 4.78 is 0. The zero-order chi connectivity index (χ0) is 15.7. The van der Waals surface area contributed by atoms with Gasteiger partial charge in [0, 0.05) is 5.56 Å². The molecule has 0 radical (unpaired) electrons. The Balaban J connectivity index is 2.02. The Morgan fingerprint density at radius 3 is 2.82 bits per heavy atom. The lowest BCUT2D eigenvalue weighted by molar-refractivity contribution is 0.0697. The maximum absolute atomic E-state index is 11.1. The highest BCUT2D eigenvalue weighted by atomic mass is 16.4. The molecular weight excluding hydrogens is 278 g/mol. The Kier molecular flexibility index (Phi) is 3.90. The lowest BCUT2D eigenvalue weighted by Crippen LogP contribution is -2.19. The summed E-state index contributed by atoms with van der Waals surface area (Å²) in [5, 5.41) is 9.13. The molecule has 2 aromatic rings. The molecule has 1 atom stereocenters. The molecule has 5 nitrogen and oxygen atoms in total. The largest absolute Gasteiger partial charge is 0.478 e. The first-order chi connectivity index (χ1) is 10.5. The Morgan fingerprint density at radius 2 is 2.14 bits per heavy atom. The van der Waals surface area contributed by atoms with E-state index < -0.39 is 5.97 Å². The molecule has 1 N–H and O–H groups in total. The highest BCUT2D eigenvalue weighted by Gasteiger charge is 2.24. The summed E-state index contributed by atoms with van der Waals surface area (Å²) in [6, 6.07) is 9.19. The normalized spacial score (nSPS) is 18.5. The number of carboxylic acid groups (broad SMARTS) is 1. The van der Waals surface area contributed by atoms with Crippen molar-refractivity contribution in [3.05, 3.63) is 47.4 Å². The summed E-state index contributed by atoms with van der Waals surface area (Å²) >= 11 is 0. The van der Waals surface area contributed by atoms with E-state index in [-0.39, 0.29) is 5.56 Å². The molecule has 0 bridgehead atoms. The maximum Gasteiger partial charge on any atom is 0.335 e. The van der Waals surface area contributed by atoms with Gasteiger partial charge in [-0.2, -0.15) is 0 Å². The van der Waals surface area contributed by atoms with Crippen LogP contribution in [0.2, 0.25) is 0 Å². The lowest BCUT2D eigenvalue weighted by atomic mass is 10.0. The van der Waals surface area contributed by atoms with Crippen molar-refractivity contribution in [3.63, 3.8) is 0 Å². The second-order valence-electron chi connectivity index (χ2n) is 5.75. The molecule has 22 heavy (non-hydrogen) atoms. The second kappa shape index (κ2) is 5.85. The number of benzene rings is 1. The number of nitrogens with zero attached hydrogens (tertiary/aromatic N) is 3. The van der Waals surface area contributed by atoms with Crippen LogP contribution in [0.25, 0.3) is 11.3 Å². The Morgan fingerprint density at radius 1 is 1.32 bits per heavy atom. The van der Waals surface area contributed by atoms with Gasteiger partial charge in [-0.1, -0.05) is 12.1 Å². The quantitative estimate of drug-likeness (QED) is 0.943. The molecule has 5 heteroatoms. The fourth-order valence-electron chi connectivity index (χ4n) is 3.00. The highest BCUT2D eigenvalue weighted by Crippen LogP contribution is 2.31. The maximum atomic E-state index is 11.1. The molecule has 1 saturated heterocycles. The lowest BCUT2D eigenvalue weighted by Gasteiger charge is -2.19. The summed E-state index contributed by atoms with van der Waals surface area (Å²) in [5.41, 5.74) is 2.88. The van der Waals surface area contributed by atoms with Crippen molar-refractivity contribution >= 4 is 5.97 Å². The van der Waals surface area contributed by atoms with Crippen molar-refractivity contribution in [3.8, 4) is 11.3 Å². The molecule has 3 rings (SSSR count). The van der Waals surface area contributed by atoms with Gasteiger partial charge in [-0.05, 0) is 51.6 Å². The van der Waals surface area contributed by atoms with Gasteiger partial charge in [-0.15, -0.1) is 0 Å².